The first-order chi connectivity index (χ1) is 10.7. The highest BCUT2D eigenvalue weighted by molar-refractivity contribution is 5.75. The molecule has 132 valence electrons. The maximum absolute atomic E-state index is 11.0. The molecule has 0 radical (unpaired) electrons. The van der Waals surface area contributed by atoms with Crippen LogP contribution in [0.5, 0.6) is 0 Å². The normalized spacial score (nSPS) is 16.0. The lowest BCUT2D eigenvalue weighted by atomic mass is 10.3. The van der Waals surface area contributed by atoms with Gasteiger partial charge in [-0.05, 0) is 7.05 Å². The second-order valence-corrected chi connectivity index (χ2v) is 5.07. The number of hydrogen-bond donors (Lipinski definition) is 1. The Balaban J connectivity index is 0.00000211. The molecule has 0 aromatic heterocycles. The number of piperazine rings is 1. The van der Waals surface area contributed by atoms with E-state index in [1.165, 1.54) is 0 Å². The molecule has 1 saturated heterocycles. The average Bonchev–Trinajstić information content (AvgIpc) is 2.56. The fourth-order valence-corrected chi connectivity index (χ4v) is 1.97. The fraction of sp³-hybridized carbons (Fsp3) is 0.938. The molecule has 1 fully saturated rings. The van der Waals surface area contributed by atoms with Crippen LogP contribution in [0.25, 0.3) is 0 Å². The number of nitrogens with one attached hydrogen (secondary N) is 1. The summed E-state index contributed by atoms with van der Waals surface area (Å²) in [4.78, 5) is 15.7. The van der Waals surface area contributed by atoms with Crippen molar-refractivity contribution in [3.8, 4) is 0 Å². The molecule has 1 heterocycles. The van der Waals surface area contributed by atoms with Crippen molar-refractivity contribution in [2.24, 2.45) is 0 Å². The van der Waals surface area contributed by atoms with Crippen molar-refractivity contribution in [3.05, 3.63) is 0 Å². The van der Waals surface area contributed by atoms with Crippen LogP contribution in [-0.4, -0.2) is 88.5 Å². The third kappa shape index (κ3) is 11.9. The van der Waals surface area contributed by atoms with E-state index in [4.69, 9.17) is 9.47 Å². The van der Waals surface area contributed by atoms with Crippen LogP contribution in [0.3, 0.4) is 0 Å². The average molecular weight is 317 g/mol. The van der Waals surface area contributed by atoms with Crippen LogP contribution in [-0.2, 0) is 14.3 Å². The molecule has 0 bridgehead atoms. The van der Waals surface area contributed by atoms with Gasteiger partial charge in [-0.15, -0.1) is 0 Å². The first-order valence-corrected chi connectivity index (χ1v) is 8.55. The molecule has 0 aliphatic carbocycles. The fourth-order valence-electron chi connectivity index (χ4n) is 1.97. The number of nitrogens with zero attached hydrogens (tertiary/aromatic N) is 2. The Morgan fingerprint density at radius 2 is 1.59 bits per heavy atom. The monoisotopic (exact) mass is 317 g/mol. The van der Waals surface area contributed by atoms with E-state index in [1.54, 1.807) is 0 Å². The van der Waals surface area contributed by atoms with Crippen LogP contribution in [0.4, 0.5) is 0 Å². The maximum Gasteiger partial charge on any atom is 0.219 e. The Hall–Kier alpha value is -0.690. The van der Waals surface area contributed by atoms with Crippen molar-refractivity contribution in [1.29, 1.82) is 0 Å². The van der Waals surface area contributed by atoms with Crippen molar-refractivity contribution in [3.63, 3.8) is 0 Å². The number of amides is 1. The minimum absolute atomic E-state index is 0.0667. The molecule has 6 nitrogen and oxygen atoms in total. The summed E-state index contributed by atoms with van der Waals surface area (Å²) in [6.45, 7) is 14.5. The molecule has 1 N–H and O–H groups in total. The van der Waals surface area contributed by atoms with Gasteiger partial charge in [-0.1, -0.05) is 20.8 Å². The van der Waals surface area contributed by atoms with Gasteiger partial charge in [0.05, 0.1) is 26.4 Å². The van der Waals surface area contributed by atoms with Gasteiger partial charge in [0.25, 0.3) is 0 Å². The van der Waals surface area contributed by atoms with Crippen molar-refractivity contribution >= 4 is 5.91 Å². The zero-order valence-corrected chi connectivity index (χ0v) is 14.9. The van der Waals surface area contributed by atoms with E-state index in [2.05, 4.69) is 22.2 Å². The summed E-state index contributed by atoms with van der Waals surface area (Å²) in [6.07, 6.45) is 0.523. The minimum atomic E-state index is 0.0667. The number of carbonyl (C=O) groups is 1. The van der Waals surface area contributed by atoms with Gasteiger partial charge in [-0.3, -0.25) is 9.69 Å². The standard InChI is InChI=1S/C14H29N3O3.C2H6/c1-3-14(18)15-4-10-19-12-13-20-11-9-17-7-5-16(2)6-8-17;1-2/h3-13H2,1-2H3,(H,15,18);1-2H3. The van der Waals surface area contributed by atoms with Gasteiger partial charge in [-0.25, -0.2) is 0 Å². The summed E-state index contributed by atoms with van der Waals surface area (Å²) in [5.41, 5.74) is 0. The summed E-state index contributed by atoms with van der Waals surface area (Å²) in [6, 6.07) is 0. The summed E-state index contributed by atoms with van der Waals surface area (Å²) in [5.74, 6) is 0.0667. The Bertz CT molecular complexity index is 257. The summed E-state index contributed by atoms with van der Waals surface area (Å²) in [5, 5.41) is 2.77. The van der Waals surface area contributed by atoms with Crippen molar-refractivity contribution in [1.82, 2.24) is 15.1 Å². The first-order valence-electron chi connectivity index (χ1n) is 8.55. The van der Waals surface area contributed by atoms with Crippen LogP contribution in [0, 0.1) is 0 Å². The molecule has 1 aliphatic heterocycles. The van der Waals surface area contributed by atoms with Crippen LogP contribution in [0.2, 0.25) is 0 Å². The maximum atomic E-state index is 11.0. The predicted octanol–water partition coefficient (Wildman–Crippen LogP) is 0.819. The van der Waals surface area contributed by atoms with Crippen molar-refractivity contribution in [2.75, 3.05) is 72.7 Å². The Morgan fingerprint density at radius 3 is 2.18 bits per heavy atom. The molecule has 1 aliphatic rings. The van der Waals surface area contributed by atoms with Gasteiger partial charge in [-0.2, -0.15) is 0 Å². The smallest absolute Gasteiger partial charge is 0.219 e. The SMILES string of the molecule is CC.CCC(=O)NCCOCCOCCN1CCN(C)CC1. The minimum Gasteiger partial charge on any atom is -0.378 e. The van der Waals surface area contributed by atoms with Crippen LogP contribution in [0.1, 0.15) is 27.2 Å². The van der Waals surface area contributed by atoms with Crippen LogP contribution >= 0.6 is 0 Å². The quantitative estimate of drug-likeness (QED) is 0.605. The van der Waals surface area contributed by atoms with Gasteiger partial charge in [0.1, 0.15) is 0 Å². The van der Waals surface area contributed by atoms with Gasteiger partial charge < -0.3 is 19.7 Å². The highest BCUT2D eigenvalue weighted by Gasteiger charge is 2.12. The lowest BCUT2D eigenvalue weighted by molar-refractivity contribution is -0.121. The van der Waals surface area contributed by atoms with Crippen LogP contribution < -0.4 is 5.32 Å². The Kier molecular flexibility index (Phi) is 14.7. The van der Waals surface area contributed by atoms with E-state index < -0.39 is 0 Å². The summed E-state index contributed by atoms with van der Waals surface area (Å²) in [7, 11) is 2.16. The second-order valence-electron chi connectivity index (χ2n) is 5.07. The van der Waals surface area contributed by atoms with Crippen LogP contribution in [0.15, 0.2) is 0 Å². The molecule has 0 aromatic rings. The highest BCUT2D eigenvalue weighted by Crippen LogP contribution is 1.98. The Labute approximate surface area is 136 Å². The molecule has 0 atom stereocenters. The molecular weight excluding hydrogens is 282 g/mol. The lowest BCUT2D eigenvalue weighted by Crippen LogP contribution is -2.45. The van der Waals surface area contributed by atoms with Gasteiger partial charge in [0, 0.05) is 45.7 Å². The molecule has 6 heteroatoms. The lowest BCUT2D eigenvalue weighted by Gasteiger charge is -2.32. The van der Waals surface area contributed by atoms with E-state index in [-0.39, 0.29) is 5.91 Å². The number of carbonyl (C=O) groups excluding carboxylic acids is 1. The first kappa shape index (κ1) is 21.3. The zero-order chi connectivity index (χ0) is 16.6. The number of likely N-dealkylation sites (N-methyl/N-ethyl adjacent to an activating group) is 1. The molecule has 0 unspecified atom stereocenters. The molecule has 0 aromatic carbocycles. The molecule has 1 amide bonds. The molecule has 0 saturated carbocycles. The number of ether oxygens (including phenoxy) is 2. The van der Waals surface area contributed by atoms with Gasteiger partial charge >= 0.3 is 0 Å². The molecule has 0 spiro atoms. The third-order valence-electron chi connectivity index (χ3n) is 3.41. The number of rotatable bonds is 10. The van der Waals surface area contributed by atoms with Gasteiger partial charge in [0.15, 0.2) is 0 Å². The van der Waals surface area contributed by atoms with E-state index in [9.17, 15) is 4.79 Å². The predicted molar refractivity (Wildman–Crippen MR) is 90.2 cm³/mol. The third-order valence-corrected chi connectivity index (χ3v) is 3.41. The van der Waals surface area contributed by atoms with Crippen molar-refractivity contribution < 1.29 is 14.3 Å². The number of hydrogen-bond acceptors (Lipinski definition) is 5. The zero-order valence-electron chi connectivity index (χ0n) is 14.9. The van der Waals surface area contributed by atoms with E-state index in [0.29, 0.717) is 32.8 Å². The summed E-state index contributed by atoms with van der Waals surface area (Å²) >= 11 is 0. The summed E-state index contributed by atoms with van der Waals surface area (Å²) < 4.78 is 10.9. The topological polar surface area (TPSA) is 54.0 Å². The van der Waals surface area contributed by atoms with Gasteiger partial charge in [0.2, 0.25) is 5.91 Å². The highest BCUT2D eigenvalue weighted by atomic mass is 16.5. The van der Waals surface area contributed by atoms with E-state index >= 15 is 0 Å². The van der Waals surface area contributed by atoms with E-state index in [1.807, 2.05) is 20.8 Å². The molecule has 22 heavy (non-hydrogen) atoms. The second kappa shape index (κ2) is 15.2. The Morgan fingerprint density at radius 1 is 1.00 bits per heavy atom. The largest absolute Gasteiger partial charge is 0.378 e. The molecular formula is C16H35N3O3. The van der Waals surface area contributed by atoms with Crippen molar-refractivity contribution in [2.45, 2.75) is 27.2 Å². The van der Waals surface area contributed by atoms with E-state index in [0.717, 1.165) is 39.3 Å². The molecule has 1 rings (SSSR count).